The second-order valence-electron chi connectivity index (χ2n) is 1.79. The average Bonchev–Trinajstić information content (AvgIpc) is 1.98. The predicted molar refractivity (Wildman–Crippen MR) is 35.2 cm³/mol. The summed E-state index contributed by atoms with van der Waals surface area (Å²) in [5.41, 5.74) is 0. The number of hydrogen-bond acceptors (Lipinski definition) is 4. The van der Waals surface area contributed by atoms with Crippen LogP contribution in [-0.4, -0.2) is 25.0 Å². The van der Waals surface area contributed by atoms with Gasteiger partial charge in [0, 0.05) is 6.92 Å². The van der Waals surface area contributed by atoms with Crippen molar-refractivity contribution in [3.8, 4) is 6.07 Å². The van der Waals surface area contributed by atoms with Crippen LogP contribution >= 0.6 is 0 Å². The summed E-state index contributed by atoms with van der Waals surface area (Å²) in [4.78, 5) is 21.0. The molecule has 1 N–H and O–H groups in total. The first-order chi connectivity index (χ1) is 5.11. The van der Waals surface area contributed by atoms with Crippen LogP contribution < -0.4 is 5.32 Å². The lowest BCUT2D eigenvalue weighted by Gasteiger charge is -2.05. The third kappa shape index (κ3) is 3.20. The lowest BCUT2D eigenvalue weighted by molar-refractivity contribution is -0.143. The topological polar surface area (TPSA) is 79.2 Å². The summed E-state index contributed by atoms with van der Waals surface area (Å²) in [5, 5.41) is 10.4. The Balaban J connectivity index is 4.09. The predicted octanol–water partition coefficient (Wildman–Crippen LogP) is -0.812. The normalized spacial score (nSPS) is 11.0. The van der Waals surface area contributed by atoms with Crippen molar-refractivity contribution in [3.05, 3.63) is 0 Å². The van der Waals surface area contributed by atoms with Gasteiger partial charge in [-0.05, 0) is 0 Å². The van der Waals surface area contributed by atoms with E-state index in [0.717, 1.165) is 7.11 Å². The third-order valence-corrected chi connectivity index (χ3v) is 0.914. The maximum absolute atomic E-state index is 10.6. The number of amides is 1. The van der Waals surface area contributed by atoms with Crippen molar-refractivity contribution in [2.45, 2.75) is 13.0 Å². The number of carbonyl (C=O) groups is 2. The molecule has 0 rings (SSSR count). The van der Waals surface area contributed by atoms with Crippen molar-refractivity contribution in [3.63, 3.8) is 0 Å². The number of esters is 1. The van der Waals surface area contributed by atoms with Crippen molar-refractivity contribution in [2.75, 3.05) is 7.11 Å². The SMILES string of the molecule is COC(=O)C(C#N)NC(C)=O. The Hall–Kier alpha value is -1.57. The summed E-state index contributed by atoms with van der Waals surface area (Å²) in [6, 6.07) is 0.381. The van der Waals surface area contributed by atoms with E-state index in [1.54, 1.807) is 6.07 Å². The maximum Gasteiger partial charge on any atom is 0.343 e. The number of hydrogen-bond donors (Lipinski definition) is 1. The molecule has 1 atom stereocenters. The first kappa shape index (κ1) is 9.43. The van der Waals surface area contributed by atoms with Gasteiger partial charge >= 0.3 is 5.97 Å². The standard InChI is InChI=1S/C6H8N2O3/c1-4(9)8-5(3-7)6(10)11-2/h5H,1-2H3,(H,8,9). The number of carbonyl (C=O) groups excluding carboxylic acids is 2. The molecule has 0 aliphatic heterocycles. The van der Waals surface area contributed by atoms with Gasteiger partial charge in [-0.25, -0.2) is 4.79 Å². The van der Waals surface area contributed by atoms with Crippen LogP contribution in [-0.2, 0) is 14.3 Å². The molecular formula is C6H8N2O3. The van der Waals surface area contributed by atoms with Gasteiger partial charge < -0.3 is 10.1 Å². The fourth-order valence-electron chi connectivity index (χ4n) is 0.465. The van der Waals surface area contributed by atoms with Gasteiger partial charge in [-0.15, -0.1) is 0 Å². The lowest BCUT2D eigenvalue weighted by Crippen LogP contribution is -2.39. The largest absolute Gasteiger partial charge is 0.467 e. The molecule has 5 nitrogen and oxygen atoms in total. The van der Waals surface area contributed by atoms with E-state index in [-0.39, 0.29) is 0 Å². The molecule has 11 heavy (non-hydrogen) atoms. The van der Waals surface area contributed by atoms with Gasteiger partial charge in [-0.2, -0.15) is 5.26 Å². The molecule has 0 aromatic carbocycles. The summed E-state index contributed by atoms with van der Waals surface area (Å²) in [6.45, 7) is 1.22. The molecular weight excluding hydrogens is 148 g/mol. The zero-order valence-electron chi connectivity index (χ0n) is 6.25. The highest BCUT2D eigenvalue weighted by Gasteiger charge is 2.18. The van der Waals surface area contributed by atoms with Crippen LogP contribution in [0.25, 0.3) is 0 Å². The van der Waals surface area contributed by atoms with Gasteiger partial charge in [0.1, 0.15) is 0 Å². The van der Waals surface area contributed by atoms with E-state index in [1.807, 2.05) is 0 Å². The maximum atomic E-state index is 10.6. The molecule has 0 aromatic rings. The molecule has 0 aliphatic rings. The highest BCUT2D eigenvalue weighted by Crippen LogP contribution is 1.84. The number of rotatable bonds is 2. The summed E-state index contributed by atoms with van der Waals surface area (Å²) >= 11 is 0. The second-order valence-corrected chi connectivity index (χ2v) is 1.79. The van der Waals surface area contributed by atoms with Crippen molar-refractivity contribution in [1.82, 2.24) is 5.32 Å². The summed E-state index contributed by atoms with van der Waals surface area (Å²) in [7, 11) is 1.15. The van der Waals surface area contributed by atoms with Gasteiger partial charge in [0.2, 0.25) is 11.9 Å². The fraction of sp³-hybridized carbons (Fsp3) is 0.500. The molecule has 0 fully saturated rings. The van der Waals surface area contributed by atoms with Crippen LogP contribution in [0.4, 0.5) is 0 Å². The minimum atomic E-state index is -1.20. The van der Waals surface area contributed by atoms with E-state index in [4.69, 9.17) is 5.26 Å². The molecule has 0 bridgehead atoms. The molecule has 0 heterocycles. The van der Waals surface area contributed by atoms with Crippen LogP contribution in [0.1, 0.15) is 6.92 Å². The van der Waals surface area contributed by atoms with Crippen LogP contribution in [0.2, 0.25) is 0 Å². The van der Waals surface area contributed by atoms with Gasteiger partial charge in [-0.1, -0.05) is 0 Å². The van der Waals surface area contributed by atoms with Gasteiger partial charge in [0.25, 0.3) is 0 Å². The second kappa shape index (κ2) is 4.28. The molecule has 0 radical (unpaired) electrons. The zero-order valence-corrected chi connectivity index (χ0v) is 6.25. The molecule has 1 amide bonds. The molecule has 60 valence electrons. The Morgan fingerprint density at radius 1 is 1.64 bits per heavy atom. The highest BCUT2D eigenvalue weighted by molar-refractivity contribution is 5.85. The molecule has 0 aromatic heterocycles. The molecule has 0 spiro atoms. The van der Waals surface area contributed by atoms with Crippen LogP contribution in [0.3, 0.4) is 0 Å². The van der Waals surface area contributed by atoms with E-state index < -0.39 is 17.9 Å². The van der Waals surface area contributed by atoms with E-state index in [9.17, 15) is 9.59 Å². The Morgan fingerprint density at radius 2 is 2.18 bits per heavy atom. The summed E-state index contributed by atoms with van der Waals surface area (Å²) in [6.07, 6.45) is 0. The monoisotopic (exact) mass is 156 g/mol. The minimum absolute atomic E-state index is 0.443. The third-order valence-electron chi connectivity index (χ3n) is 0.914. The quantitative estimate of drug-likeness (QED) is 0.530. The Bertz CT molecular complexity index is 206. The summed E-state index contributed by atoms with van der Waals surface area (Å²) < 4.78 is 4.23. The van der Waals surface area contributed by atoms with Crippen molar-refractivity contribution in [1.29, 1.82) is 5.26 Å². The first-order valence-electron chi connectivity index (χ1n) is 2.86. The lowest BCUT2D eigenvalue weighted by atomic mass is 10.3. The van der Waals surface area contributed by atoms with E-state index in [2.05, 4.69) is 10.1 Å². The van der Waals surface area contributed by atoms with Gasteiger partial charge in [-0.3, -0.25) is 4.79 Å². The van der Waals surface area contributed by atoms with Crippen LogP contribution in [0.15, 0.2) is 0 Å². The molecule has 0 aliphatic carbocycles. The number of nitriles is 1. The molecule has 0 saturated heterocycles. The highest BCUT2D eigenvalue weighted by atomic mass is 16.5. The number of methoxy groups -OCH3 is 1. The zero-order chi connectivity index (χ0) is 8.85. The number of nitrogens with zero attached hydrogens (tertiary/aromatic N) is 1. The van der Waals surface area contributed by atoms with E-state index in [1.165, 1.54) is 6.92 Å². The average molecular weight is 156 g/mol. The van der Waals surface area contributed by atoms with Crippen molar-refractivity contribution >= 4 is 11.9 Å². The number of nitrogens with one attached hydrogen (secondary N) is 1. The minimum Gasteiger partial charge on any atom is -0.467 e. The fourth-order valence-corrected chi connectivity index (χ4v) is 0.465. The summed E-state index contributed by atoms with van der Waals surface area (Å²) in [5.74, 6) is -1.20. The van der Waals surface area contributed by atoms with Gasteiger partial charge in [0.05, 0.1) is 13.2 Å². The molecule has 5 heteroatoms. The smallest absolute Gasteiger partial charge is 0.343 e. The van der Waals surface area contributed by atoms with E-state index >= 15 is 0 Å². The molecule has 0 saturated carbocycles. The Morgan fingerprint density at radius 3 is 2.45 bits per heavy atom. The van der Waals surface area contributed by atoms with E-state index in [0.29, 0.717) is 0 Å². The first-order valence-corrected chi connectivity index (χ1v) is 2.86. The molecule has 1 unspecified atom stereocenters. The van der Waals surface area contributed by atoms with Crippen molar-refractivity contribution in [2.24, 2.45) is 0 Å². The van der Waals surface area contributed by atoms with Crippen LogP contribution in [0, 0.1) is 11.3 Å². The number of ether oxygens (including phenoxy) is 1. The Labute approximate surface area is 63.9 Å². The van der Waals surface area contributed by atoms with Gasteiger partial charge in [0.15, 0.2) is 0 Å². The van der Waals surface area contributed by atoms with Crippen LogP contribution in [0.5, 0.6) is 0 Å². The van der Waals surface area contributed by atoms with Crippen molar-refractivity contribution < 1.29 is 14.3 Å². The Kier molecular flexibility index (Phi) is 3.67.